The second kappa shape index (κ2) is 6.00. The summed E-state index contributed by atoms with van der Waals surface area (Å²) in [6.45, 7) is 0.504. The van der Waals surface area contributed by atoms with Gasteiger partial charge in [0, 0.05) is 18.1 Å². The van der Waals surface area contributed by atoms with E-state index in [2.05, 4.69) is 30.8 Å². The van der Waals surface area contributed by atoms with Gasteiger partial charge < -0.3 is 21.4 Å². The predicted molar refractivity (Wildman–Crippen MR) is 82.7 cm³/mol. The van der Waals surface area contributed by atoms with E-state index in [4.69, 9.17) is 5.73 Å². The molecule has 1 amide bonds. The molecule has 0 bridgehead atoms. The van der Waals surface area contributed by atoms with Crippen LogP contribution in [0.4, 0.5) is 17.3 Å². The average molecular weight is 297 g/mol. The number of rotatable bonds is 6. The number of nitrogens with zero attached hydrogens (tertiary/aromatic N) is 2. The molecule has 6 N–H and O–H groups in total. The predicted octanol–water partition coefficient (Wildman–Crippen LogP) is 1.59. The number of hydrogen-bond acceptors (Lipinski definition) is 5. The van der Waals surface area contributed by atoms with Crippen molar-refractivity contribution in [3.05, 3.63) is 54.1 Å². The number of carbonyl (C=O) groups excluding carboxylic acids is 1. The van der Waals surface area contributed by atoms with Gasteiger partial charge in [0.05, 0.1) is 18.4 Å². The van der Waals surface area contributed by atoms with Gasteiger partial charge in [-0.1, -0.05) is 0 Å². The quantitative estimate of drug-likeness (QED) is 0.472. The van der Waals surface area contributed by atoms with Crippen molar-refractivity contribution >= 4 is 23.2 Å². The Hall–Kier alpha value is -3.29. The third kappa shape index (κ3) is 2.90. The molecule has 3 rings (SSSR count). The molecule has 0 aliphatic heterocycles. The molecule has 0 unspecified atom stereocenters. The Bertz CT molecular complexity index is 749. The molecule has 0 atom stereocenters. The van der Waals surface area contributed by atoms with E-state index in [0.29, 0.717) is 18.2 Å². The van der Waals surface area contributed by atoms with Crippen molar-refractivity contribution in [2.45, 2.75) is 6.54 Å². The fourth-order valence-corrected chi connectivity index (χ4v) is 2.04. The molecule has 3 aromatic heterocycles. The van der Waals surface area contributed by atoms with E-state index >= 15 is 0 Å². The Morgan fingerprint density at radius 2 is 2.23 bits per heavy atom. The number of aromatic amines is 2. The van der Waals surface area contributed by atoms with Crippen molar-refractivity contribution in [2.75, 3.05) is 10.6 Å². The van der Waals surface area contributed by atoms with Crippen molar-refractivity contribution in [2.24, 2.45) is 5.73 Å². The van der Waals surface area contributed by atoms with Crippen LogP contribution in [0.5, 0.6) is 0 Å². The van der Waals surface area contributed by atoms with Gasteiger partial charge in [-0.2, -0.15) is 5.10 Å². The van der Waals surface area contributed by atoms with Gasteiger partial charge >= 0.3 is 0 Å². The number of primary amides is 1. The zero-order valence-electron chi connectivity index (χ0n) is 11.6. The monoisotopic (exact) mass is 297 g/mol. The SMILES string of the molecule is NC(=O)c1c(NCc2ccc[nH]2)n[nH]c1Nc1cccnc1. The molecular weight excluding hydrogens is 282 g/mol. The lowest BCUT2D eigenvalue weighted by atomic mass is 10.2. The first kappa shape index (κ1) is 13.7. The van der Waals surface area contributed by atoms with Crippen molar-refractivity contribution in [1.29, 1.82) is 0 Å². The van der Waals surface area contributed by atoms with Crippen LogP contribution < -0.4 is 16.4 Å². The zero-order valence-corrected chi connectivity index (χ0v) is 11.6. The lowest BCUT2D eigenvalue weighted by Crippen LogP contribution is -2.15. The minimum atomic E-state index is -0.575. The Balaban J connectivity index is 1.81. The van der Waals surface area contributed by atoms with Crippen LogP contribution in [0.1, 0.15) is 16.1 Å². The van der Waals surface area contributed by atoms with Crippen LogP contribution in [0.2, 0.25) is 0 Å². The Labute approximate surface area is 126 Å². The lowest BCUT2D eigenvalue weighted by molar-refractivity contribution is 0.100. The van der Waals surface area contributed by atoms with Crippen LogP contribution in [-0.2, 0) is 6.54 Å². The fourth-order valence-electron chi connectivity index (χ4n) is 2.04. The summed E-state index contributed by atoms with van der Waals surface area (Å²) >= 11 is 0. The average Bonchev–Trinajstić information content (AvgIpc) is 3.15. The summed E-state index contributed by atoms with van der Waals surface area (Å²) in [6.07, 6.45) is 5.13. The third-order valence-corrected chi connectivity index (χ3v) is 3.05. The second-order valence-corrected chi connectivity index (χ2v) is 4.60. The first-order valence-corrected chi connectivity index (χ1v) is 6.65. The maximum absolute atomic E-state index is 11.7. The molecule has 0 spiro atoms. The summed E-state index contributed by atoms with van der Waals surface area (Å²) in [7, 11) is 0. The van der Waals surface area contributed by atoms with Crippen LogP contribution in [0.25, 0.3) is 0 Å². The second-order valence-electron chi connectivity index (χ2n) is 4.60. The van der Waals surface area contributed by atoms with Gasteiger partial charge in [0.25, 0.3) is 5.91 Å². The van der Waals surface area contributed by atoms with Crippen LogP contribution in [0.3, 0.4) is 0 Å². The van der Waals surface area contributed by atoms with Gasteiger partial charge in [-0.3, -0.25) is 14.9 Å². The highest BCUT2D eigenvalue weighted by Gasteiger charge is 2.18. The highest BCUT2D eigenvalue weighted by molar-refractivity contribution is 6.03. The Morgan fingerprint density at radius 1 is 1.32 bits per heavy atom. The molecule has 0 saturated heterocycles. The molecule has 8 heteroatoms. The molecule has 0 aliphatic rings. The fraction of sp³-hybridized carbons (Fsp3) is 0.0714. The van der Waals surface area contributed by atoms with Crippen LogP contribution in [0.15, 0.2) is 42.9 Å². The molecule has 3 heterocycles. The van der Waals surface area contributed by atoms with Crippen molar-refractivity contribution in [3.8, 4) is 0 Å². The maximum atomic E-state index is 11.7. The number of H-pyrrole nitrogens is 2. The first-order chi connectivity index (χ1) is 10.7. The first-order valence-electron chi connectivity index (χ1n) is 6.65. The van der Waals surface area contributed by atoms with Crippen LogP contribution in [-0.4, -0.2) is 26.1 Å². The largest absolute Gasteiger partial charge is 0.365 e. The molecule has 0 fully saturated rings. The van der Waals surface area contributed by atoms with Gasteiger partial charge in [0.15, 0.2) is 5.82 Å². The summed E-state index contributed by atoms with van der Waals surface area (Å²) in [5, 5.41) is 13.0. The van der Waals surface area contributed by atoms with Gasteiger partial charge in [-0.25, -0.2) is 0 Å². The Morgan fingerprint density at radius 3 is 2.91 bits per heavy atom. The van der Waals surface area contributed by atoms with Gasteiger partial charge in [-0.05, 0) is 24.3 Å². The summed E-state index contributed by atoms with van der Waals surface area (Å²) in [6, 6.07) is 7.43. The number of carbonyl (C=O) groups is 1. The summed E-state index contributed by atoms with van der Waals surface area (Å²) in [4.78, 5) is 18.8. The molecule has 0 aromatic carbocycles. The topological polar surface area (TPSA) is 125 Å². The molecule has 3 aromatic rings. The number of nitrogens with two attached hydrogens (primary N) is 1. The van der Waals surface area contributed by atoms with E-state index in [1.165, 1.54) is 0 Å². The van der Waals surface area contributed by atoms with E-state index in [0.717, 1.165) is 11.4 Å². The normalized spacial score (nSPS) is 10.4. The number of pyridine rings is 1. The highest BCUT2D eigenvalue weighted by atomic mass is 16.1. The van der Waals surface area contributed by atoms with Gasteiger partial charge in [-0.15, -0.1) is 0 Å². The molecule has 0 saturated carbocycles. The van der Waals surface area contributed by atoms with Gasteiger partial charge in [0.2, 0.25) is 0 Å². The molecule has 0 aliphatic carbocycles. The maximum Gasteiger partial charge on any atom is 0.256 e. The summed E-state index contributed by atoms with van der Waals surface area (Å²) < 4.78 is 0. The third-order valence-electron chi connectivity index (χ3n) is 3.05. The zero-order chi connectivity index (χ0) is 15.4. The van der Waals surface area contributed by atoms with E-state index in [1.54, 1.807) is 18.5 Å². The highest BCUT2D eigenvalue weighted by Crippen LogP contribution is 2.24. The number of hydrogen-bond donors (Lipinski definition) is 5. The number of nitrogens with one attached hydrogen (secondary N) is 4. The molecule has 8 nitrogen and oxygen atoms in total. The lowest BCUT2D eigenvalue weighted by Gasteiger charge is -2.06. The number of anilines is 3. The standard InChI is InChI=1S/C14H15N7O/c15-12(22)11-13(18-8-9-3-2-6-17-9)20-21-14(11)19-10-4-1-5-16-7-10/h1-7,17H,8H2,(H2,15,22)(H3,18,19,20,21). The Kier molecular flexibility index (Phi) is 3.73. The summed E-state index contributed by atoms with van der Waals surface area (Å²) in [5.74, 6) is 0.247. The van der Waals surface area contributed by atoms with Crippen LogP contribution in [0, 0.1) is 0 Å². The van der Waals surface area contributed by atoms with Crippen molar-refractivity contribution in [3.63, 3.8) is 0 Å². The van der Waals surface area contributed by atoms with E-state index < -0.39 is 5.91 Å². The number of amides is 1. The van der Waals surface area contributed by atoms with E-state index in [-0.39, 0.29) is 5.56 Å². The molecule has 112 valence electrons. The minimum absolute atomic E-state index is 0.274. The van der Waals surface area contributed by atoms with Crippen LogP contribution >= 0.6 is 0 Å². The molecule has 22 heavy (non-hydrogen) atoms. The van der Waals surface area contributed by atoms with Gasteiger partial charge in [0.1, 0.15) is 11.4 Å². The minimum Gasteiger partial charge on any atom is -0.365 e. The summed E-state index contributed by atoms with van der Waals surface area (Å²) in [5.41, 5.74) is 7.43. The van der Waals surface area contributed by atoms with Crippen molar-refractivity contribution < 1.29 is 4.79 Å². The van der Waals surface area contributed by atoms with Crippen molar-refractivity contribution in [1.82, 2.24) is 20.2 Å². The van der Waals surface area contributed by atoms with E-state index in [9.17, 15) is 4.79 Å². The molecular formula is C14H15N7O. The van der Waals surface area contributed by atoms with E-state index in [1.807, 2.05) is 24.4 Å². The molecule has 0 radical (unpaired) electrons. The number of aromatic nitrogens is 4. The smallest absolute Gasteiger partial charge is 0.256 e.